The van der Waals surface area contributed by atoms with Crippen LogP contribution in [0.2, 0.25) is 0 Å². The lowest BCUT2D eigenvalue weighted by Crippen LogP contribution is -2.00. The number of aromatic nitrogens is 3. The fourth-order valence-electron chi connectivity index (χ4n) is 6.84. The smallest absolute Gasteiger partial charge is 0.164 e. The molecule has 7 aromatic carbocycles. The van der Waals surface area contributed by atoms with E-state index in [4.69, 9.17) is 19.4 Å². The van der Waals surface area contributed by atoms with Crippen molar-refractivity contribution in [2.45, 2.75) is 0 Å². The van der Waals surface area contributed by atoms with Crippen molar-refractivity contribution in [1.82, 2.24) is 15.0 Å². The quantitative estimate of drug-likeness (QED) is 0.185. The van der Waals surface area contributed by atoms with Crippen LogP contribution in [0.1, 0.15) is 0 Å². The van der Waals surface area contributed by atoms with Crippen molar-refractivity contribution in [3.63, 3.8) is 0 Å². The van der Waals surface area contributed by atoms with Gasteiger partial charge in [0.25, 0.3) is 0 Å². The Balaban J connectivity index is 1.00. The molecule has 4 nitrogen and oxygen atoms in total. The SMILES string of the molecule is c1ccc(-c2nc(-c3ccc(-c4ccc(-c5cccc6c5sc5ccccc56)cc4)cc3)nc(-c3ccc4c(c3)oc3ccccc34)n2)cc1. The summed E-state index contributed by atoms with van der Waals surface area (Å²) < 4.78 is 8.84. The molecule has 0 bridgehead atoms. The summed E-state index contributed by atoms with van der Waals surface area (Å²) in [5.41, 5.74) is 9.18. The number of rotatable bonds is 5. The molecular weight excluding hydrogens is 631 g/mol. The van der Waals surface area contributed by atoms with Gasteiger partial charge in [-0.15, -0.1) is 11.3 Å². The number of hydrogen-bond donors (Lipinski definition) is 0. The fraction of sp³-hybridized carbons (Fsp3) is 0. The van der Waals surface area contributed by atoms with Gasteiger partial charge in [0.2, 0.25) is 0 Å². The van der Waals surface area contributed by atoms with Gasteiger partial charge in [-0.05, 0) is 46.5 Å². The summed E-state index contributed by atoms with van der Waals surface area (Å²) in [6.45, 7) is 0. The zero-order chi connectivity index (χ0) is 33.0. The molecular formula is C45H27N3OS. The Morgan fingerprint density at radius 1 is 0.360 bits per heavy atom. The standard InChI is InChI=1S/C45H27N3OS/c1-2-9-31(10-3-1)43-46-44(48-45(47-43)33-25-26-36-35-11-4-6-15-39(35)49-40(36)27-33)32-23-19-29(20-24-32)28-17-21-30(22-18-28)34-13-8-14-38-37-12-5-7-16-41(37)50-42(34)38/h1-27H. The Labute approximate surface area is 292 Å². The van der Waals surface area contributed by atoms with Gasteiger partial charge in [-0.25, -0.2) is 15.0 Å². The predicted molar refractivity (Wildman–Crippen MR) is 207 cm³/mol. The fourth-order valence-corrected chi connectivity index (χ4v) is 8.08. The van der Waals surface area contributed by atoms with Crippen molar-refractivity contribution < 1.29 is 4.42 Å². The summed E-state index contributed by atoms with van der Waals surface area (Å²) in [4.78, 5) is 14.9. The molecule has 0 saturated carbocycles. The molecule has 0 aliphatic carbocycles. The third-order valence-electron chi connectivity index (χ3n) is 9.38. The molecule has 0 spiro atoms. The number of fused-ring (bicyclic) bond motifs is 6. The summed E-state index contributed by atoms with van der Waals surface area (Å²) in [5.74, 6) is 1.85. The second-order valence-corrected chi connectivity index (χ2v) is 13.5. The normalized spacial score (nSPS) is 11.6. The number of hydrogen-bond acceptors (Lipinski definition) is 5. The lowest BCUT2D eigenvalue weighted by Gasteiger charge is -2.10. The highest BCUT2D eigenvalue weighted by molar-refractivity contribution is 7.26. The van der Waals surface area contributed by atoms with Crippen LogP contribution in [0.3, 0.4) is 0 Å². The van der Waals surface area contributed by atoms with Gasteiger partial charge in [-0.2, -0.15) is 0 Å². The molecule has 0 atom stereocenters. The molecule has 0 fully saturated rings. The van der Waals surface area contributed by atoms with Crippen LogP contribution >= 0.6 is 11.3 Å². The molecule has 0 unspecified atom stereocenters. The van der Waals surface area contributed by atoms with Gasteiger partial charge in [0.05, 0.1) is 0 Å². The van der Waals surface area contributed by atoms with Crippen LogP contribution in [0.25, 0.3) is 98.5 Å². The van der Waals surface area contributed by atoms with Gasteiger partial charge in [0.1, 0.15) is 11.2 Å². The maximum Gasteiger partial charge on any atom is 0.164 e. The average Bonchev–Trinajstić information content (AvgIpc) is 3.76. The van der Waals surface area contributed by atoms with Crippen LogP contribution in [0.4, 0.5) is 0 Å². The Morgan fingerprint density at radius 2 is 0.900 bits per heavy atom. The summed E-state index contributed by atoms with van der Waals surface area (Å²) in [6.07, 6.45) is 0. The van der Waals surface area contributed by atoms with E-state index in [1.165, 1.54) is 31.3 Å². The van der Waals surface area contributed by atoms with E-state index < -0.39 is 0 Å². The highest BCUT2D eigenvalue weighted by Crippen LogP contribution is 2.40. The average molecular weight is 658 g/mol. The van der Waals surface area contributed by atoms with Crippen molar-refractivity contribution in [3.8, 4) is 56.4 Å². The number of thiophene rings is 1. The van der Waals surface area contributed by atoms with E-state index in [9.17, 15) is 0 Å². The van der Waals surface area contributed by atoms with Gasteiger partial charge >= 0.3 is 0 Å². The van der Waals surface area contributed by atoms with E-state index >= 15 is 0 Å². The van der Waals surface area contributed by atoms with Crippen LogP contribution in [0.15, 0.2) is 168 Å². The molecule has 0 radical (unpaired) electrons. The number of benzene rings is 7. The topological polar surface area (TPSA) is 51.8 Å². The lowest BCUT2D eigenvalue weighted by atomic mass is 9.98. The van der Waals surface area contributed by atoms with Gasteiger partial charge < -0.3 is 4.42 Å². The number of para-hydroxylation sites is 1. The molecule has 3 aromatic heterocycles. The predicted octanol–water partition coefficient (Wildman–Crippen LogP) is 12.5. The molecule has 5 heteroatoms. The van der Waals surface area contributed by atoms with Crippen LogP contribution in [-0.2, 0) is 0 Å². The number of furan rings is 1. The van der Waals surface area contributed by atoms with E-state index in [0.717, 1.165) is 49.8 Å². The van der Waals surface area contributed by atoms with Crippen LogP contribution in [0, 0.1) is 0 Å². The maximum absolute atomic E-state index is 6.19. The zero-order valence-electron chi connectivity index (χ0n) is 26.7. The first-order valence-corrected chi connectivity index (χ1v) is 17.4. The van der Waals surface area contributed by atoms with E-state index in [1.54, 1.807) is 0 Å². The first-order valence-electron chi connectivity index (χ1n) is 16.6. The van der Waals surface area contributed by atoms with E-state index in [0.29, 0.717) is 17.5 Å². The highest BCUT2D eigenvalue weighted by atomic mass is 32.1. The third kappa shape index (κ3) is 4.87. The van der Waals surface area contributed by atoms with E-state index in [2.05, 4.69) is 109 Å². The van der Waals surface area contributed by atoms with Crippen molar-refractivity contribution in [2.75, 3.05) is 0 Å². The molecule has 50 heavy (non-hydrogen) atoms. The summed E-state index contributed by atoms with van der Waals surface area (Å²) in [6, 6.07) is 56.9. The van der Waals surface area contributed by atoms with Crippen molar-refractivity contribution in [2.24, 2.45) is 0 Å². The Hall–Kier alpha value is -6.43. The largest absolute Gasteiger partial charge is 0.456 e. The third-order valence-corrected chi connectivity index (χ3v) is 10.6. The summed E-state index contributed by atoms with van der Waals surface area (Å²) >= 11 is 1.86. The van der Waals surface area contributed by atoms with Gasteiger partial charge in [0, 0.05) is 47.6 Å². The molecule has 0 N–H and O–H groups in total. The Morgan fingerprint density at radius 3 is 1.66 bits per heavy atom. The lowest BCUT2D eigenvalue weighted by molar-refractivity contribution is 0.669. The molecule has 3 heterocycles. The summed E-state index contributed by atoms with van der Waals surface area (Å²) in [7, 11) is 0. The van der Waals surface area contributed by atoms with E-state index in [-0.39, 0.29) is 0 Å². The van der Waals surface area contributed by atoms with Crippen LogP contribution in [-0.4, -0.2) is 15.0 Å². The van der Waals surface area contributed by atoms with Crippen molar-refractivity contribution in [1.29, 1.82) is 0 Å². The highest BCUT2D eigenvalue weighted by Gasteiger charge is 2.15. The minimum absolute atomic E-state index is 0.601. The second-order valence-electron chi connectivity index (χ2n) is 12.4. The van der Waals surface area contributed by atoms with Gasteiger partial charge in [-0.1, -0.05) is 140 Å². The minimum Gasteiger partial charge on any atom is -0.456 e. The van der Waals surface area contributed by atoms with Crippen molar-refractivity contribution >= 4 is 53.4 Å². The van der Waals surface area contributed by atoms with Crippen LogP contribution in [0.5, 0.6) is 0 Å². The summed E-state index contributed by atoms with van der Waals surface area (Å²) in [5, 5.41) is 4.80. The Bertz CT molecular complexity index is 2850. The molecule has 0 aliphatic rings. The zero-order valence-corrected chi connectivity index (χ0v) is 27.6. The monoisotopic (exact) mass is 657 g/mol. The maximum atomic E-state index is 6.19. The minimum atomic E-state index is 0.601. The first kappa shape index (κ1) is 28.6. The molecule has 10 rings (SSSR count). The first-order chi connectivity index (χ1) is 24.7. The van der Waals surface area contributed by atoms with Gasteiger partial charge in [-0.3, -0.25) is 0 Å². The number of nitrogens with zero attached hydrogens (tertiary/aromatic N) is 3. The molecule has 234 valence electrons. The van der Waals surface area contributed by atoms with Crippen LogP contribution < -0.4 is 0 Å². The second kappa shape index (κ2) is 11.6. The molecule has 0 amide bonds. The van der Waals surface area contributed by atoms with E-state index in [1.807, 2.05) is 65.9 Å². The molecule has 0 saturated heterocycles. The van der Waals surface area contributed by atoms with Gasteiger partial charge in [0.15, 0.2) is 17.5 Å². The van der Waals surface area contributed by atoms with Crippen molar-refractivity contribution in [3.05, 3.63) is 164 Å². The Kier molecular flexibility index (Phi) is 6.64. The molecule has 0 aliphatic heterocycles. The molecule has 10 aromatic rings.